The number of hydrogen-bond donors (Lipinski definition) is 2. The molecule has 0 saturated heterocycles. The van der Waals surface area contributed by atoms with Crippen molar-refractivity contribution in [2.24, 2.45) is 0 Å². The lowest BCUT2D eigenvalue weighted by molar-refractivity contribution is -0.148. The third-order valence-electron chi connectivity index (χ3n) is 2.01. The second-order valence-corrected chi connectivity index (χ2v) is 3.40. The normalized spacial score (nSPS) is 11.6. The fraction of sp³-hybridized carbons (Fsp3) is 0.300. The predicted octanol–water partition coefficient (Wildman–Crippen LogP) is 2.25. The highest BCUT2D eigenvalue weighted by Gasteiger charge is 2.41. The molecular formula is C10H9F4NO3. The van der Waals surface area contributed by atoms with Crippen molar-refractivity contribution in [3.63, 3.8) is 0 Å². The van der Waals surface area contributed by atoms with E-state index in [1.807, 2.05) is 0 Å². The lowest BCUT2D eigenvalue weighted by Crippen LogP contribution is -2.33. The Morgan fingerprint density at radius 1 is 1.44 bits per heavy atom. The largest absolute Gasteiger partial charge is 0.487 e. The number of carboxylic acids is 1. The van der Waals surface area contributed by atoms with Gasteiger partial charge in [-0.3, -0.25) is 0 Å². The smallest absolute Gasteiger partial charge is 0.340 e. The van der Waals surface area contributed by atoms with Crippen LogP contribution in [-0.2, 0) is 0 Å². The third-order valence-corrected chi connectivity index (χ3v) is 2.01. The molecule has 0 aliphatic heterocycles. The van der Waals surface area contributed by atoms with E-state index in [4.69, 9.17) is 10.8 Å². The molecule has 0 aromatic heterocycles. The Morgan fingerprint density at radius 3 is 2.56 bits per heavy atom. The van der Waals surface area contributed by atoms with Crippen molar-refractivity contribution < 1.29 is 32.2 Å². The van der Waals surface area contributed by atoms with Crippen LogP contribution >= 0.6 is 0 Å². The molecule has 4 nitrogen and oxygen atoms in total. The van der Waals surface area contributed by atoms with Gasteiger partial charge in [0, 0.05) is 5.69 Å². The predicted molar refractivity (Wildman–Crippen MR) is 54.3 cm³/mol. The van der Waals surface area contributed by atoms with E-state index in [0.29, 0.717) is 0 Å². The second kappa shape index (κ2) is 5.11. The number of alkyl halides is 4. The monoisotopic (exact) mass is 267 g/mol. The van der Waals surface area contributed by atoms with Crippen LogP contribution in [0.4, 0.5) is 23.2 Å². The van der Waals surface area contributed by atoms with E-state index >= 15 is 0 Å². The van der Waals surface area contributed by atoms with E-state index in [0.717, 1.165) is 18.2 Å². The van der Waals surface area contributed by atoms with Gasteiger partial charge in [0.15, 0.2) is 6.61 Å². The van der Waals surface area contributed by atoms with Crippen molar-refractivity contribution in [2.75, 3.05) is 12.3 Å². The molecule has 0 saturated carbocycles. The number of anilines is 1. The zero-order valence-corrected chi connectivity index (χ0v) is 8.87. The van der Waals surface area contributed by atoms with Crippen LogP contribution in [0.2, 0.25) is 0 Å². The van der Waals surface area contributed by atoms with Crippen molar-refractivity contribution in [3.8, 4) is 5.75 Å². The zero-order chi connectivity index (χ0) is 13.9. The minimum Gasteiger partial charge on any atom is -0.487 e. The molecule has 0 atom stereocenters. The molecule has 1 aromatic rings. The van der Waals surface area contributed by atoms with Crippen molar-refractivity contribution in [1.82, 2.24) is 0 Å². The third kappa shape index (κ3) is 3.25. The van der Waals surface area contributed by atoms with Crippen molar-refractivity contribution in [1.29, 1.82) is 0 Å². The lowest BCUT2D eigenvalue weighted by Gasteiger charge is -2.16. The number of halogens is 4. The Bertz CT molecular complexity index is 451. The Labute approximate surface area is 99.0 Å². The summed E-state index contributed by atoms with van der Waals surface area (Å²) in [6, 6.07) is 3.13. The molecule has 0 unspecified atom stereocenters. The average molecular weight is 267 g/mol. The molecule has 1 aromatic carbocycles. The molecule has 0 spiro atoms. The van der Waals surface area contributed by atoms with Gasteiger partial charge >= 0.3 is 18.3 Å². The van der Waals surface area contributed by atoms with Crippen LogP contribution in [-0.4, -0.2) is 30.0 Å². The summed E-state index contributed by atoms with van der Waals surface area (Å²) < 4.78 is 53.2. The molecule has 0 aliphatic rings. The summed E-state index contributed by atoms with van der Waals surface area (Å²) in [5.41, 5.74) is 4.87. The Balaban J connectivity index is 2.81. The molecular weight excluding hydrogens is 258 g/mol. The maximum atomic E-state index is 12.6. The van der Waals surface area contributed by atoms with Crippen molar-refractivity contribution in [3.05, 3.63) is 23.8 Å². The molecule has 0 fully saturated rings. The number of nitrogens with two attached hydrogens (primary N) is 1. The van der Waals surface area contributed by atoms with E-state index in [9.17, 15) is 22.4 Å². The van der Waals surface area contributed by atoms with E-state index in [1.54, 1.807) is 0 Å². The summed E-state index contributed by atoms with van der Waals surface area (Å²) >= 11 is 0. The van der Waals surface area contributed by atoms with E-state index in [1.165, 1.54) is 0 Å². The van der Waals surface area contributed by atoms with Crippen LogP contribution in [0, 0.1) is 0 Å². The van der Waals surface area contributed by atoms with Gasteiger partial charge in [-0.05, 0) is 18.2 Å². The molecule has 18 heavy (non-hydrogen) atoms. The van der Waals surface area contributed by atoms with Crippen LogP contribution < -0.4 is 10.5 Å². The van der Waals surface area contributed by atoms with Crippen molar-refractivity contribution >= 4 is 11.7 Å². The topological polar surface area (TPSA) is 72.5 Å². The number of benzene rings is 1. The maximum Gasteiger partial charge on any atom is 0.340 e. The minimum atomic E-state index is -4.30. The van der Waals surface area contributed by atoms with Crippen LogP contribution in [0.1, 0.15) is 10.4 Å². The molecule has 0 radical (unpaired) electrons. The standard InChI is InChI=1S/C10H9F4NO3/c11-9(12)10(13,14)4-18-5-1-2-7(15)6(3-5)8(16)17/h1-3,9H,4,15H2,(H,16,17). The van der Waals surface area contributed by atoms with Crippen LogP contribution in [0.5, 0.6) is 5.75 Å². The fourth-order valence-electron chi connectivity index (χ4n) is 1.05. The number of carbonyl (C=O) groups is 1. The lowest BCUT2D eigenvalue weighted by atomic mass is 10.2. The molecule has 0 bridgehead atoms. The molecule has 8 heteroatoms. The van der Waals surface area contributed by atoms with Crippen molar-refractivity contribution in [2.45, 2.75) is 12.3 Å². The molecule has 0 aliphatic carbocycles. The van der Waals surface area contributed by atoms with E-state index in [-0.39, 0.29) is 17.0 Å². The number of hydrogen-bond acceptors (Lipinski definition) is 3. The van der Waals surface area contributed by atoms with Crippen LogP contribution in [0.25, 0.3) is 0 Å². The van der Waals surface area contributed by atoms with Gasteiger partial charge in [0.2, 0.25) is 0 Å². The summed E-state index contributed by atoms with van der Waals surface area (Å²) in [5.74, 6) is -5.95. The second-order valence-electron chi connectivity index (χ2n) is 3.40. The quantitative estimate of drug-likeness (QED) is 0.634. The van der Waals surface area contributed by atoms with Gasteiger partial charge in [0.05, 0.1) is 5.56 Å². The summed E-state index contributed by atoms with van der Waals surface area (Å²) in [4.78, 5) is 10.7. The molecule has 1 rings (SSSR count). The fourth-order valence-corrected chi connectivity index (χ4v) is 1.05. The minimum absolute atomic E-state index is 0.0875. The Kier molecular flexibility index (Phi) is 4.00. The number of rotatable bonds is 5. The van der Waals surface area contributed by atoms with E-state index < -0.39 is 24.9 Å². The van der Waals surface area contributed by atoms with Gasteiger partial charge in [-0.1, -0.05) is 0 Å². The summed E-state index contributed by atoms with van der Waals surface area (Å²) in [6.45, 7) is -1.55. The van der Waals surface area contributed by atoms with Gasteiger partial charge in [0.25, 0.3) is 0 Å². The summed E-state index contributed by atoms with van der Waals surface area (Å²) in [6.07, 6.45) is -3.86. The van der Waals surface area contributed by atoms with Gasteiger partial charge < -0.3 is 15.6 Å². The number of aromatic carboxylic acids is 1. The molecule has 0 heterocycles. The SMILES string of the molecule is Nc1ccc(OCC(F)(F)C(F)F)cc1C(=O)O. The highest BCUT2D eigenvalue weighted by Crippen LogP contribution is 2.25. The Morgan fingerprint density at radius 2 is 2.06 bits per heavy atom. The first kappa shape index (κ1) is 14.1. The average Bonchev–Trinajstić information content (AvgIpc) is 2.27. The van der Waals surface area contributed by atoms with Crippen LogP contribution in [0.15, 0.2) is 18.2 Å². The summed E-state index contributed by atoms with van der Waals surface area (Å²) in [5, 5.41) is 8.70. The van der Waals surface area contributed by atoms with Crippen LogP contribution in [0.3, 0.4) is 0 Å². The van der Waals surface area contributed by atoms with Gasteiger partial charge in [0.1, 0.15) is 5.75 Å². The first-order valence-electron chi connectivity index (χ1n) is 4.65. The van der Waals surface area contributed by atoms with E-state index in [2.05, 4.69) is 4.74 Å². The maximum absolute atomic E-state index is 12.6. The van der Waals surface area contributed by atoms with Gasteiger partial charge in [-0.15, -0.1) is 0 Å². The number of ether oxygens (including phenoxy) is 1. The number of nitrogen functional groups attached to an aromatic ring is 1. The molecule has 0 amide bonds. The van der Waals surface area contributed by atoms with Gasteiger partial charge in [-0.25, -0.2) is 13.6 Å². The van der Waals surface area contributed by atoms with Gasteiger partial charge in [-0.2, -0.15) is 8.78 Å². The highest BCUT2D eigenvalue weighted by molar-refractivity contribution is 5.94. The summed E-state index contributed by atoms with van der Waals surface area (Å²) in [7, 11) is 0. The highest BCUT2D eigenvalue weighted by atomic mass is 19.3. The first-order chi connectivity index (χ1) is 8.24. The number of carboxylic acid groups (broad SMARTS) is 1. The zero-order valence-electron chi connectivity index (χ0n) is 8.87. The molecule has 100 valence electrons. The molecule has 3 N–H and O–H groups in total. The Hall–Kier alpha value is -1.99. The first-order valence-corrected chi connectivity index (χ1v) is 4.65.